The Kier molecular flexibility index (Phi) is 12.5. The molecule has 0 amide bonds. The minimum Gasteiger partial charge on any atom is 0 e. The zero-order chi connectivity index (χ0) is 7.28. The molecule has 0 spiro atoms. The first-order chi connectivity index (χ1) is 4.13. The van der Waals surface area contributed by atoms with Crippen molar-refractivity contribution in [3.8, 4) is 0 Å². The third-order valence-corrected chi connectivity index (χ3v) is 1.97. The molecule has 0 heterocycles. The molecule has 0 unspecified atom stereocenters. The molecule has 0 fully saturated rings. The van der Waals surface area contributed by atoms with Crippen LogP contribution in [0.3, 0.4) is 0 Å². The summed E-state index contributed by atoms with van der Waals surface area (Å²) in [4.78, 5) is 0. The van der Waals surface area contributed by atoms with Gasteiger partial charge in [-0.25, -0.2) is 0 Å². The fourth-order valence-corrected chi connectivity index (χ4v) is 0.763. The maximum atomic E-state index is 5.21. The predicted molar refractivity (Wildman–Crippen MR) is 48.9 cm³/mol. The van der Waals surface area contributed by atoms with Gasteiger partial charge in [0.2, 0.25) is 0 Å². The van der Waals surface area contributed by atoms with Crippen LogP contribution in [0.5, 0.6) is 0 Å². The standard InChI is InChI=1S/2C3H7O.Al.Ca.H2.2H/c2*1-3(2)4;;;;;/h2*3H,1-2H3;;;1H;;/q2*-1;+2;;;;. The van der Waals surface area contributed by atoms with Crippen molar-refractivity contribution in [2.75, 3.05) is 0 Å². The summed E-state index contributed by atoms with van der Waals surface area (Å²) in [6.45, 7) is 8.04. The van der Waals surface area contributed by atoms with Crippen LogP contribution in [0.1, 0.15) is 29.1 Å². The molecule has 4 heteroatoms. The molecule has 0 aromatic carbocycles. The minimum absolute atomic E-state index is 0. The van der Waals surface area contributed by atoms with Crippen LogP contribution in [0.2, 0.25) is 0 Å². The molecule has 0 saturated heterocycles. The quantitative estimate of drug-likeness (QED) is 0.606. The van der Waals surface area contributed by atoms with Gasteiger partial charge in [0.05, 0.1) is 0 Å². The topological polar surface area (TPSA) is 18.5 Å². The predicted octanol–water partition coefficient (Wildman–Crippen LogP) is 0.700. The third kappa shape index (κ3) is 12.4. The molecule has 0 aliphatic carbocycles. The summed E-state index contributed by atoms with van der Waals surface area (Å²) in [5.41, 5.74) is 0. The first-order valence-corrected chi connectivity index (χ1v) is 4.20. The SMILES string of the molecule is CC(C)[O][Al][O]C(C)C.[CaH2].[HH]. The molecular formula is C6H18AlCaO2. The Balaban J connectivity index is -0.000000320. The Morgan fingerprint density at radius 3 is 1.50 bits per heavy atom. The number of hydrogen-bond acceptors (Lipinski definition) is 2. The van der Waals surface area contributed by atoms with E-state index in [0.29, 0.717) is 12.2 Å². The van der Waals surface area contributed by atoms with Crippen molar-refractivity contribution in [3.05, 3.63) is 0 Å². The van der Waals surface area contributed by atoms with E-state index in [2.05, 4.69) is 0 Å². The third-order valence-electron chi connectivity index (χ3n) is 0.655. The zero-order valence-corrected chi connectivity index (χ0v) is 7.70. The fraction of sp³-hybridized carbons (Fsp3) is 1.00. The van der Waals surface area contributed by atoms with Crippen LogP contribution in [0.4, 0.5) is 0 Å². The van der Waals surface area contributed by atoms with Crippen molar-refractivity contribution in [2.24, 2.45) is 0 Å². The van der Waals surface area contributed by atoms with E-state index in [-0.39, 0.29) is 55.1 Å². The minimum atomic E-state index is -0.245. The number of hydrogen-bond donors (Lipinski definition) is 0. The first kappa shape index (κ1) is 14.2. The van der Waals surface area contributed by atoms with Gasteiger partial charge in [0.25, 0.3) is 0 Å². The van der Waals surface area contributed by atoms with Crippen LogP contribution in [-0.4, -0.2) is 65.8 Å². The molecule has 0 rings (SSSR count). The van der Waals surface area contributed by atoms with E-state index >= 15 is 0 Å². The van der Waals surface area contributed by atoms with E-state index < -0.39 is 0 Å². The van der Waals surface area contributed by atoms with Crippen molar-refractivity contribution in [1.82, 2.24) is 0 Å². The Hall–Kier alpha value is 1.71. The average Bonchev–Trinajstić information content (AvgIpc) is 1.63. The molecule has 0 bridgehead atoms. The van der Waals surface area contributed by atoms with E-state index in [0.717, 1.165) is 0 Å². The molecule has 10 heavy (non-hydrogen) atoms. The summed E-state index contributed by atoms with van der Waals surface area (Å²) < 4.78 is 10.4. The summed E-state index contributed by atoms with van der Waals surface area (Å²) in [6, 6.07) is 0. The van der Waals surface area contributed by atoms with Gasteiger partial charge in [-0.15, -0.1) is 0 Å². The normalized spacial score (nSPS) is 9.80. The van der Waals surface area contributed by atoms with Gasteiger partial charge in [-0.05, 0) is 27.7 Å². The van der Waals surface area contributed by atoms with Crippen molar-refractivity contribution < 1.29 is 9.00 Å². The Bertz CT molecular complexity index is 65.6. The Labute approximate surface area is 102 Å². The van der Waals surface area contributed by atoms with Gasteiger partial charge in [-0.1, -0.05) is 0 Å². The molecule has 0 saturated carbocycles. The van der Waals surface area contributed by atoms with Crippen molar-refractivity contribution in [3.63, 3.8) is 0 Å². The molecule has 59 valence electrons. The van der Waals surface area contributed by atoms with Crippen molar-refractivity contribution in [1.29, 1.82) is 0 Å². The molecular weight excluding hydrogens is 171 g/mol. The van der Waals surface area contributed by atoms with Crippen LogP contribution in [0.25, 0.3) is 0 Å². The van der Waals surface area contributed by atoms with Crippen LogP contribution in [0.15, 0.2) is 0 Å². The van der Waals surface area contributed by atoms with Gasteiger partial charge in [0, 0.05) is 13.6 Å². The monoisotopic (exact) mass is 189 g/mol. The second-order valence-corrected chi connectivity index (χ2v) is 3.20. The van der Waals surface area contributed by atoms with E-state index in [4.69, 9.17) is 7.58 Å². The molecule has 0 aliphatic heterocycles. The summed E-state index contributed by atoms with van der Waals surface area (Å²) in [7, 11) is 0. The van der Waals surface area contributed by atoms with Gasteiger partial charge in [0.15, 0.2) is 0 Å². The summed E-state index contributed by atoms with van der Waals surface area (Å²) in [5.74, 6) is 0. The van der Waals surface area contributed by atoms with E-state index in [1.165, 1.54) is 0 Å². The summed E-state index contributed by atoms with van der Waals surface area (Å²) >= 11 is -0.245. The van der Waals surface area contributed by atoms with Gasteiger partial charge in [0.1, 0.15) is 0 Å². The largest absolute Gasteiger partial charge is 0 e. The van der Waals surface area contributed by atoms with Gasteiger partial charge in [-0.2, -0.15) is 0 Å². The van der Waals surface area contributed by atoms with Crippen LogP contribution in [0, 0.1) is 0 Å². The van der Waals surface area contributed by atoms with E-state index in [9.17, 15) is 0 Å². The van der Waals surface area contributed by atoms with Gasteiger partial charge >= 0.3 is 53.6 Å². The van der Waals surface area contributed by atoms with Crippen LogP contribution < -0.4 is 0 Å². The molecule has 1 radical (unpaired) electrons. The first-order valence-electron chi connectivity index (χ1n) is 3.25. The molecule has 0 aromatic rings. The molecule has 0 N–H and O–H groups in total. The van der Waals surface area contributed by atoms with Crippen LogP contribution in [-0.2, 0) is 7.58 Å². The van der Waals surface area contributed by atoms with Crippen molar-refractivity contribution in [2.45, 2.75) is 39.9 Å². The maximum absolute atomic E-state index is 5.21. The van der Waals surface area contributed by atoms with Gasteiger partial charge < -0.3 is 7.58 Å². The Morgan fingerprint density at radius 1 is 1.00 bits per heavy atom. The molecule has 2 nitrogen and oxygen atoms in total. The smallest absolute Gasteiger partial charge is 0 e. The summed E-state index contributed by atoms with van der Waals surface area (Å²) in [6.07, 6.45) is 0.609. The zero-order valence-electron chi connectivity index (χ0n) is 6.55. The van der Waals surface area contributed by atoms with Crippen LogP contribution >= 0.6 is 0 Å². The molecule has 0 aliphatic rings. The van der Waals surface area contributed by atoms with E-state index in [1.54, 1.807) is 0 Å². The van der Waals surface area contributed by atoms with Crippen molar-refractivity contribution >= 4 is 53.6 Å². The molecule has 0 atom stereocenters. The number of rotatable bonds is 4. The Morgan fingerprint density at radius 2 is 1.30 bits per heavy atom. The summed E-state index contributed by atoms with van der Waals surface area (Å²) in [5, 5.41) is 0. The van der Waals surface area contributed by atoms with E-state index in [1.807, 2.05) is 27.7 Å². The van der Waals surface area contributed by atoms with Gasteiger partial charge in [-0.3, -0.25) is 0 Å². The second-order valence-electron chi connectivity index (χ2n) is 2.47. The maximum Gasteiger partial charge on any atom is 0 e. The second kappa shape index (κ2) is 8.81. The average molecular weight is 189 g/mol. The molecule has 0 aromatic heterocycles. The fourth-order valence-electron chi connectivity index (χ4n) is 0.254.